The molecule has 0 unspecified atom stereocenters. The summed E-state index contributed by atoms with van der Waals surface area (Å²) in [5, 5.41) is 7.18. The van der Waals surface area contributed by atoms with E-state index in [0.29, 0.717) is 0 Å². The van der Waals surface area contributed by atoms with Gasteiger partial charge in [-0.05, 0) is 36.6 Å². The van der Waals surface area contributed by atoms with Gasteiger partial charge in [-0.25, -0.2) is 0 Å². The topological polar surface area (TPSA) is 54.7 Å². The molecule has 1 fully saturated rings. The van der Waals surface area contributed by atoms with Gasteiger partial charge in [0.1, 0.15) is 0 Å². The summed E-state index contributed by atoms with van der Waals surface area (Å²) in [6, 6.07) is 10.3. The van der Waals surface area contributed by atoms with Crippen molar-refractivity contribution in [3.63, 3.8) is 0 Å². The molecule has 2 aromatic rings. The van der Waals surface area contributed by atoms with E-state index >= 15 is 0 Å². The number of aromatic nitrogens is 2. The van der Waals surface area contributed by atoms with E-state index in [0.717, 1.165) is 5.69 Å². The van der Waals surface area contributed by atoms with Crippen LogP contribution >= 0.6 is 0 Å². The third-order valence-electron chi connectivity index (χ3n) is 3.69. The Labute approximate surface area is 94.7 Å². The Morgan fingerprint density at radius 3 is 2.38 bits per heavy atom. The van der Waals surface area contributed by atoms with Crippen LogP contribution in [0.5, 0.6) is 0 Å². The number of H-pyrrole nitrogens is 1. The largest absolute Gasteiger partial charge is 0.399 e. The van der Waals surface area contributed by atoms with E-state index in [9.17, 15) is 0 Å². The van der Waals surface area contributed by atoms with Gasteiger partial charge in [-0.3, -0.25) is 5.10 Å². The van der Waals surface area contributed by atoms with Crippen molar-refractivity contribution in [2.24, 2.45) is 0 Å². The zero-order valence-electron chi connectivity index (χ0n) is 9.11. The summed E-state index contributed by atoms with van der Waals surface area (Å²) in [5.74, 6) is 0. The van der Waals surface area contributed by atoms with E-state index in [1.807, 2.05) is 18.3 Å². The number of hydrogen-bond donors (Lipinski definition) is 2. The minimum atomic E-state index is 0.157. The lowest BCUT2D eigenvalue weighted by Gasteiger charge is -2.41. The molecule has 82 valence electrons. The molecule has 1 heterocycles. The van der Waals surface area contributed by atoms with Crippen LogP contribution < -0.4 is 5.73 Å². The van der Waals surface area contributed by atoms with Gasteiger partial charge in [0.25, 0.3) is 0 Å². The summed E-state index contributed by atoms with van der Waals surface area (Å²) >= 11 is 0. The number of nitrogen functional groups attached to an aromatic ring is 1. The maximum Gasteiger partial charge on any atom is 0.0490 e. The molecule has 0 bridgehead atoms. The highest BCUT2D eigenvalue weighted by Gasteiger charge is 2.41. The lowest BCUT2D eigenvalue weighted by atomic mass is 9.62. The van der Waals surface area contributed by atoms with Crippen molar-refractivity contribution in [2.45, 2.75) is 24.7 Å². The average Bonchev–Trinajstić information content (AvgIpc) is 2.73. The van der Waals surface area contributed by atoms with Gasteiger partial charge in [-0.2, -0.15) is 5.10 Å². The minimum absolute atomic E-state index is 0.157. The fourth-order valence-electron chi connectivity index (χ4n) is 2.57. The molecule has 3 N–H and O–H groups in total. The first-order valence-electron chi connectivity index (χ1n) is 5.67. The number of hydrogen-bond acceptors (Lipinski definition) is 2. The van der Waals surface area contributed by atoms with Crippen molar-refractivity contribution in [1.82, 2.24) is 10.2 Å². The number of nitrogens with two attached hydrogens (primary N) is 1. The number of rotatable bonds is 2. The van der Waals surface area contributed by atoms with Gasteiger partial charge in [0.2, 0.25) is 0 Å². The quantitative estimate of drug-likeness (QED) is 0.753. The van der Waals surface area contributed by atoms with E-state index in [1.165, 1.54) is 30.5 Å². The smallest absolute Gasteiger partial charge is 0.0490 e. The van der Waals surface area contributed by atoms with Crippen molar-refractivity contribution >= 4 is 5.69 Å². The predicted molar refractivity (Wildman–Crippen MR) is 64.1 cm³/mol. The van der Waals surface area contributed by atoms with Gasteiger partial charge >= 0.3 is 0 Å². The zero-order chi connectivity index (χ0) is 11.0. The molecule has 1 aromatic heterocycles. The maximum atomic E-state index is 5.73. The number of nitrogens with one attached hydrogen (secondary N) is 1. The van der Waals surface area contributed by atoms with Crippen molar-refractivity contribution in [2.75, 3.05) is 5.73 Å². The Morgan fingerprint density at radius 2 is 1.88 bits per heavy atom. The van der Waals surface area contributed by atoms with Crippen molar-refractivity contribution in [3.05, 3.63) is 47.8 Å². The second-order valence-electron chi connectivity index (χ2n) is 4.53. The van der Waals surface area contributed by atoms with Gasteiger partial charge in [0, 0.05) is 23.0 Å². The molecule has 0 amide bonds. The molecule has 1 aliphatic carbocycles. The van der Waals surface area contributed by atoms with Gasteiger partial charge in [-0.1, -0.05) is 18.6 Å². The Bertz CT molecular complexity index is 466. The van der Waals surface area contributed by atoms with Crippen molar-refractivity contribution in [3.8, 4) is 0 Å². The average molecular weight is 213 g/mol. The first kappa shape index (κ1) is 9.46. The second kappa shape index (κ2) is 3.37. The van der Waals surface area contributed by atoms with E-state index in [-0.39, 0.29) is 5.41 Å². The van der Waals surface area contributed by atoms with Crippen LogP contribution in [-0.2, 0) is 5.41 Å². The third kappa shape index (κ3) is 1.24. The van der Waals surface area contributed by atoms with Crippen LogP contribution in [0, 0.1) is 0 Å². The summed E-state index contributed by atoms with van der Waals surface area (Å²) in [6.07, 6.45) is 5.49. The Balaban J connectivity index is 2.05. The van der Waals surface area contributed by atoms with Gasteiger partial charge in [0.15, 0.2) is 0 Å². The van der Waals surface area contributed by atoms with E-state index < -0.39 is 0 Å². The van der Waals surface area contributed by atoms with Crippen LogP contribution in [0.1, 0.15) is 30.5 Å². The van der Waals surface area contributed by atoms with Gasteiger partial charge in [-0.15, -0.1) is 0 Å². The number of aromatic amines is 1. The molecule has 0 radical (unpaired) electrons. The molecule has 16 heavy (non-hydrogen) atoms. The van der Waals surface area contributed by atoms with Crippen LogP contribution in [0.25, 0.3) is 0 Å². The first-order chi connectivity index (χ1) is 7.81. The van der Waals surface area contributed by atoms with Crippen molar-refractivity contribution in [1.29, 1.82) is 0 Å². The summed E-state index contributed by atoms with van der Waals surface area (Å²) in [6.45, 7) is 0. The van der Waals surface area contributed by atoms with E-state index in [2.05, 4.69) is 28.4 Å². The molecular formula is C13H15N3. The summed E-state index contributed by atoms with van der Waals surface area (Å²) < 4.78 is 0. The molecular weight excluding hydrogens is 198 g/mol. The number of benzene rings is 1. The highest BCUT2D eigenvalue weighted by Crippen LogP contribution is 2.48. The normalized spacial score (nSPS) is 18.0. The molecule has 3 nitrogen and oxygen atoms in total. The molecule has 0 atom stereocenters. The molecule has 1 aliphatic rings. The van der Waals surface area contributed by atoms with Crippen LogP contribution in [0.4, 0.5) is 5.69 Å². The van der Waals surface area contributed by atoms with Crippen LogP contribution in [0.3, 0.4) is 0 Å². The summed E-state index contributed by atoms with van der Waals surface area (Å²) in [5.41, 5.74) is 9.28. The van der Waals surface area contributed by atoms with Gasteiger partial charge < -0.3 is 5.73 Å². The highest BCUT2D eigenvalue weighted by molar-refractivity contribution is 5.45. The van der Waals surface area contributed by atoms with E-state index in [1.54, 1.807) is 0 Å². The lowest BCUT2D eigenvalue weighted by molar-refractivity contribution is 0.293. The number of anilines is 1. The van der Waals surface area contributed by atoms with E-state index in [4.69, 9.17) is 5.73 Å². The summed E-state index contributed by atoms with van der Waals surface area (Å²) in [7, 11) is 0. The maximum absolute atomic E-state index is 5.73. The zero-order valence-corrected chi connectivity index (χ0v) is 9.11. The van der Waals surface area contributed by atoms with Crippen molar-refractivity contribution < 1.29 is 0 Å². The Morgan fingerprint density at radius 1 is 1.12 bits per heavy atom. The van der Waals surface area contributed by atoms with Crippen LogP contribution in [-0.4, -0.2) is 10.2 Å². The molecule has 0 aliphatic heterocycles. The highest BCUT2D eigenvalue weighted by atomic mass is 15.1. The fraction of sp³-hybridized carbons (Fsp3) is 0.308. The standard InChI is InChI=1S/C13H15N3/c14-11-4-2-10(3-5-11)13(7-1-8-13)12-6-9-15-16-12/h2-6,9H,1,7-8,14H2,(H,15,16). The molecule has 0 saturated heterocycles. The minimum Gasteiger partial charge on any atom is -0.399 e. The molecule has 1 saturated carbocycles. The third-order valence-corrected chi connectivity index (χ3v) is 3.69. The predicted octanol–water partition coefficient (Wildman–Crippen LogP) is 2.46. The lowest BCUT2D eigenvalue weighted by Crippen LogP contribution is -2.35. The molecule has 3 heteroatoms. The SMILES string of the molecule is Nc1ccc(C2(c3ccn[nH]3)CCC2)cc1. The Hall–Kier alpha value is -1.77. The monoisotopic (exact) mass is 213 g/mol. The molecule has 1 aromatic carbocycles. The molecule has 0 spiro atoms. The fourth-order valence-corrected chi connectivity index (χ4v) is 2.57. The first-order valence-corrected chi connectivity index (χ1v) is 5.67. The second-order valence-corrected chi connectivity index (χ2v) is 4.53. The summed E-state index contributed by atoms with van der Waals surface area (Å²) in [4.78, 5) is 0. The van der Waals surface area contributed by atoms with Crippen LogP contribution in [0.2, 0.25) is 0 Å². The Kier molecular flexibility index (Phi) is 1.99. The molecule has 3 rings (SSSR count). The van der Waals surface area contributed by atoms with Crippen LogP contribution in [0.15, 0.2) is 36.5 Å². The number of nitrogens with zero attached hydrogens (tertiary/aromatic N) is 1. The van der Waals surface area contributed by atoms with Gasteiger partial charge in [0.05, 0.1) is 0 Å².